The van der Waals surface area contributed by atoms with E-state index in [-0.39, 0.29) is 29.9 Å². The van der Waals surface area contributed by atoms with Gasteiger partial charge in [-0.05, 0) is 89.4 Å². The highest BCUT2D eigenvalue weighted by Gasteiger charge is 2.36. The molecule has 2 heterocycles. The Bertz CT molecular complexity index is 1150. The number of nitrogens with zero attached hydrogens (tertiary/aromatic N) is 2. The number of hydrogen-bond acceptors (Lipinski definition) is 4. The largest absolute Gasteiger partial charge is 0.359 e. The van der Waals surface area contributed by atoms with E-state index in [1.807, 2.05) is 38.9 Å². The zero-order valence-electron chi connectivity index (χ0n) is 21.5. The van der Waals surface area contributed by atoms with Crippen molar-refractivity contribution in [3.8, 4) is 0 Å². The van der Waals surface area contributed by atoms with Crippen molar-refractivity contribution in [1.29, 1.82) is 0 Å². The molecule has 1 aliphatic carbocycles. The second-order valence-electron chi connectivity index (χ2n) is 10.2. The number of anilines is 1. The summed E-state index contributed by atoms with van der Waals surface area (Å²) >= 11 is 0. The predicted octanol–water partition coefficient (Wildman–Crippen LogP) is 3.89. The summed E-state index contributed by atoms with van der Waals surface area (Å²) in [4.78, 5) is 33.4. The molecule has 0 saturated heterocycles. The fourth-order valence-corrected chi connectivity index (χ4v) is 5.03. The summed E-state index contributed by atoms with van der Waals surface area (Å²) in [6.07, 6.45) is 5.58. The maximum Gasteiger partial charge on any atom is 0.259 e. The van der Waals surface area contributed by atoms with Gasteiger partial charge in [0.05, 0.1) is 16.8 Å². The number of amides is 2. The number of carbonyl (C=O) groups excluding carboxylic acids is 2. The summed E-state index contributed by atoms with van der Waals surface area (Å²) in [6, 6.07) is 5.10. The summed E-state index contributed by atoms with van der Waals surface area (Å²) in [5, 5.41) is 2.78. The van der Waals surface area contributed by atoms with E-state index in [1.165, 1.54) is 12.1 Å². The number of hydrogen-bond donors (Lipinski definition) is 3. The summed E-state index contributed by atoms with van der Waals surface area (Å²) in [5.74, 6) is -0.944. The van der Waals surface area contributed by atoms with E-state index in [9.17, 15) is 9.59 Å². The molecule has 1 saturated carbocycles. The van der Waals surface area contributed by atoms with Crippen LogP contribution in [0, 0.1) is 25.6 Å². The molecule has 2 amide bonds. The molecule has 36 heavy (non-hydrogen) atoms. The van der Waals surface area contributed by atoms with Gasteiger partial charge in [0.25, 0.3) is 11.8 Å². The van der Waals surface area contributed by atoms with Gasteiger partial charge in [0, 0.05) is 42.6 Å². The molecule has 0 spiro atoms. The zero-order valence-corrected chi connectivity index (χ0v) is 22.3. The number of H-pyrrole nitrogens is 1. The molecule has 4 N–H and O–H groups in total. The lowest BCUT2D eigenvalue weighted by atomic mass is 9.86. The second-order valence-corrected chi connectivity index (χ2v) is 10.2. The number of nitrogens with two attached hydrogens (primary N) is 1. The van der Waals surface area contributed by atoms with Crippen LogP contribution in [-0.4, -0.2) is 61.5 Å². The van der Waals surface area contributed by atoms with Crippen molar-refractivity contribution < 1.29 is 14.0 Å². The van der Waals surface area contributed by atoms with E-state index in [2.05, 4.69) is 10.3 Å². The van der Waals surface area contributed by atoms with Gasteiger partial charge in [0.1, 0.15) is 5.82 Å². The zero-order chi connectivity index (χ0) is 25.3. The molecule has 0 bridgehead atoms. The van der Waals surface area contributed by atoms with Crippen LogP contribution in [0.25, 0.3) is 11.6 Å². The number of carbonyl (C=O) groups is 2. The fourth-order valence-electron chi connectivity index (χ4n) is 5.03. The van der Waals surface area contributed by atoms with E-state index in [0.29, 0.717) is 42.4 Å². The van der Waals surface area contributed by atoms with Gasteiger partial charge in [0.15, 0.2) is 0 Å². The molecular formula is C27H37ClFN5O2. The van der Waals surface area contributed by atoms with E-state index in [0.717, 1.165) is 42.6 Å². The van der Waals surface area contributed by atoms with Gasteiger partial charge >= 0.3 is 0 Å². The number of rotatable bonds is 7. The number of aromatic nitrogens is 1. The van der Waals surface area contributed by atoms with Crippen molar-refractivity contribution in [2.24, 2.45) is 11.7 Å². The minimum absolute atomic E-state index is 0. The first-order valence-corrected chi connectivity index (χ1v) is 12.4. The smallest absolute Gasteiger partial charge is 0.259 e. The van der Waals surface area contributed by atoms with E-state index < -0.39 is 11.7 Å². The van der Waals surface area contributed by atoms with Crippen LogP contribution in [-0.2, 0) is 4.79 Å². The first kappa shape index (κ1) is 27.9. The van der Waals surface area contributed by atoms with E-state index in [1.54, 1.807) is 11.0 Å². The van der Waals surface area contributed by atoms with Gasteiger partial charge in [0.2, 0.25) is 0 Å². The number of aryl methyl sites for hydroxylation is 2. The summed E-state index contributed by atoms with van der Waals surface area (Å²) < 4.78 is 15.2. The van der Waals surface area contributed by atoms with E-state index in [4.69, 9.17) is 5.73 Å². The third-order valence-electron chi connectivity index (χ3n) is 7.04. The molecule has 0 unspecified atom stereocenters. The van der Waals surface area contributed by atoms with Crippen LogP contribution in [0.15, 0.2) is 18.2 Å². The van der Waals surface area contributed by atoms with Crippen molar-refractivity contribution in [1.82, 2.24) is 15.2 Å². The van der Waals surface area contributed by atoms with Crippen LogP contribution >= 0.6 is 12.4 Å². The minimum Gasteiger partial charge on any atom is -0.359 e. The molecule has 196 valence electrons. The van der Waals surface area contributed by atoms with Gasteiger partial charge in [-0.15, -0.1) is 12.4 Å². The molecule has 1 aliphatic heterocycles. The third-order valence-corrected chi connectivity index (χ3v) is 7.04. The van der Waals surface area contributed by atoms with Gasteiger partial charge < -0.3 is 25.8 Å². The van der Waals surface area contributed by atoms with Crippen LogP contribution < -0.4 is 16.0 Å². The maximum atomic E-state index is 15.2. The highest BCUT2D eigenvalue weighted by atomic mass is 35.5. The molecule has 2 aliphatic rings. The SMILES string of the molecule is Cc1cc(C)c(/C=C2\C(=O)N(CC3CCC(N)CC3)c3cc(C(=O)NCCN(C)C)c(F)cc32)[nH]1.Cl. The van der Waals surface area contributed by atoms with Crippen molar-refractivity contribution >= 4 is 41.6 Å². The molecule has 2 aromatic rings. The Kier molecular flexibility index (Phi) is 8.98. The van der Waals surface area contributed by atoms with Crippen LogP contribution in [0.1, 0.15) is 58.6 Å². The van der Waals surface area contributed by atoms with Crippen molar-refractivity contribution in [2.75, 3.05) is 38.6 Å². The average molecular weight is 518 g/mol. The number of halogens is 2. The highest BCUT2D eigenvalue weighted by molar-refractivity contribution is 6.36. The van der Waals surface area contributed by atoms with Crippen LogP contribution in [0.4, 0.5) is 10.1 Å². The molecule has 4 rings (SSSR count). The quantitative estimate of drug-likeness (QED) is 0.486. The van der Waals surface area contributed by atoms with Gasteiger partial charge in [-0.2, -0.15) is 0 Å². The Labute approximate surface area is 218 Å². The number of aromatic amines is 1. The first-order chi connectivity index (χ1) is 16.6. The summed E-state index contributed by atoms with van der Waals surface area (Å²) in [6.45, 7) is 5.52. The Hall–Kier alpha value is -2.68. The monoisotopic (exact) mass is 517 g/mol. The molecular weight excluding hydrogens is 481 g/mol. The van der Waals surface area contributed by atoms with E-state index >= 15 is 4.39 Å². The summed E-state index contributed by atoms with van der Waals surface area (Å²) in [7, 11) is 3.82. The topological polar surface area (TPSA) is 94.5 Å². The van der Waals surface area contributed by atoms with Crippen molar-refractivity contribution in [2.45, 2.75) is 45.6 Å². The maximum absolute atomic E-state index is 15.2. The fraction of sp³-hybridized carbons (Fsp3) is 0.481. The Morgan fingerprint density at radius 3 is 2.53 bits per heavy atom. The van der Waals surface area contributed by atoms with Crippen LogP contribution in [0.2, 0.25) is 0 Å². The number of fused-ring (bicyclic) bond motifs is 1. The Morgan fingerprint density at radius 1 is 1.22 bits per heavy atom. The number of nitrogens with one attached hydrogen (secondary N) is 2. The molecule has 0 atom stereocenters. The lowest BCUT2D eigenvalue weighted by Crippen LogP contribution is -2.36. The van der Waals surface area contributed by atoms with Gasteiger partial charge in [-0.1, -0.05) is 0 Å². The molecule has 9 heteroatoms. The molecule has 1 fully saturated rings. The molecule has 1 aromatic carbocycles. The summed E-state index contributed by atoms with van der Waals surface area (Å²) in [5.41, 5.74) is 10.4. The lowest BCUT2D eigenvalue weighted by Gasteiger charge is -2.30. The first-order valence-electron chi connectivity index (χ1n) is 12.4. The molecule has 7 nitrogen and oxygen atoms in total. The molecule has 0 radical (unpaired) electrons. The highest BCUT2D eigenvalue weighted by Crippen LogP contribution is 2.41. The predicted molar refractivity (Wildman–Crippen MR) is 145 cm³/mol. The third kappa shape index (κ3) is 5.99. The molecule has 1 aromatic heterocycles. The van der Waals surface area contributed by atoms with Gasteiger partial charge in [-0.3, -0.25) is 9.59 Å². The van der Waals surface area contributed by atoms with Crippen LogP contribution in [0.3, 0.4) is 0 Å². The van der Waals surface area contributed by atoms with Crippen molar-refractivity contribution in [3.63, 3.8) is 0 Å². The normalized spacial score (nSPS) is 20.6. The van der Waals surface area contributed by atoms with Crippen LogP contribution in [0.5, 0.6) is 0 Å². The minimum atomic E-state index is -0.630. The number of likely N-dealkylation sites (N-methyl/N-ethyl adjacent to an activating group) is 1. The lowest BCUT2D eigenvalue weighted by molar-refractivity contribution is -0.113. The number of benzene rings is 1. The standard InChI is InChI=1S/C27H36FN5O2.ClH/c1-16-11-17(2)31-24(16)13-21-20-12-23(28)22(26(34)30-9-10-32(3)4)14-25(20)33(27(21)35)15-18-5-7-19(29)8-6-18;/h11-14,18-19,31H,5-10,15,29H2,1-4H3,(H,30,34);1H/b21-13-;. The second kappa shape index (κ2) is 11.6. The Morgan fingerprint density at radius 2 is 1.92 bits per heavy atom. The average Bonchev–Trinajstić information content (AvgIpc) is 3.24. The Balaban J connectivity index is 0.00000361. The van der Waals surface area contributed by atoms with Crippen molar-refractivity contribution in [3.05, 3.63) is 52.1 Å². The van der Waals surface area contributed by atoms with Gasteiger partial charge in [-0.25, -0.2) is 4.39 Å².